The fourth-order valence-corrected chi connectivity index (χ4v) is 5.27. The molecule has 1 amide bonds. The van der Waals surface area contributed by atoms with Crippen LogP contribution in [-0.4, -0.2) is 46.3 Å². The van der Waals surface area contributed by atoms with Gasteiger partial charge in [0.05, 0.1) is 24.8 Å². The van der Waals surface area contributed by atoms with E-state index in [1.165, 1.54) is 19.4 Å². The Bertz CT molecular complexity index is 1100. The molecule has 1 N–H and O–H groups in total. The molecule has 1 aliphatic rings. The zero-order valence-electron chi connectivity index (χ0n) is 17.8. The first kappa shape index (κ1) is 22.5. The van der Waals surface area contributed by atoms with Gasteiger partial charge in [0.1, 0.15) is 11.6 Å². The maximum atomic E-state index is 14.7. The van der Waals surface area contributed by atoms with E-state index < -0.39 is 11.7 Å². The van der Waals surface area contributed by atoms with Crippen molar-refractivity contribution in [3.05, 3.63) is 47.5 Å². The van der Waals surface area contributed by atoms with E-state index in [2.05, 4.69) is 20.5 Å². The maximum Gasteiger partial charge on any atom is 0.295 e. The van der Waals surface area contributed by atoms with E-state index in [0.717, 1.165) is 35.7 Å². The molecule has 7 nitrogen and oxygen atoms in total. The summed E-state index contributed by atoms with van der Waals surface area (Å²) in [6, 6.07) is 6.19. The van der Waals surface area contributed by atoms with Crippen LogP contribution in [-0.2, 0) is 0 Å². The molecule has 0 radical (unpaired) electrons. The Morgan fingerprint density at radius 1 is 1.28 bits per heavy atom. The average Bonchev–Trinajstić information content (AvgIpc) is 3.25. The van der Waals surface area contributed by atoms with E-state index >= 15 is 0 Å². The summed E-state index contributed by atoms with van der Waals surface area (Å²) in [6.07, 6.45) is 3.69. The number of amides is 1. The number of rotatable bonds is 7. The number of hydrogen-bond acceptors (Lipinski definition) is 8. The van der Waals surface area contributed by atoms with Crippen LogP contribution >= 0.6 is 23.1 Å². The average molecular weight is 475 g/mol. The molecule has 0 spiro atoms. The lowest BCUT2D eigenvalue weighted by molar-refractivity contribution is 0.102. The summed E-state index contributed by atoms with van der Waals surface area (Å²) in [5, 5.41) is 11.5. The zero-order chi connectivity index (χ0) is 22.5. The van der Waals surface area contributed by atoms with Crippen molar-refractivity contribution in [3.8, 4) is 22.1 Å². The van der Waals surface area contributed by atoms with Crippen molar-refractivity contribution in [3.63, 3.8) is 0 Å². The topological polar surface area (TPSA) is 86.2 Å². The molecule has 0 aliphatic carbocycles. The van der Waals surface area contributed by atoms with Crippen molar-refractivity contribution in [2.24, 2.45) is 5.92 Å². The molecule has 32 heavy (non-hydrogen) atoms. The Kier molecular flexibility index (Phi) is 7.21. The van der Waals surface area contributed by atoms with Crippen LogP contribution in [0.2, 0.25) is 0 Å². The summed E-state index contributed by atoms with van der Waals surface area (Å²) in [4.78, 5) is 17.2. The molecule has 1 aliphatic heterocycles. The minimum Gasteiger partial charge on any atom is -0.496 e. The molecule has 0 saturated carbocycles. The van der Waals surface area contributed by atoms with Crippen molar-refractivity contribution >= 4 is 34.1 Å². The molecule has 3 aromatic rings. The first-order valence-electron chi connectivity index (χ1n) is 10.2. The molecule has 4 rings (SSSR count). The predicted octanol–water partition coefficient (Wildman–Crippen LogP) is 4.83. The Labute approximate surface area is 193 Å². The van der Waals surface area contributed by atoms with E-state index in [0.29, 0.717) is 39.9 Å². The molecule has 0 unspecified atom stereocenters. The number of pyridine rings is 1. The number of hydrogen-bond donors (Lipinski definition) is 1. The SMILES string of the molecule is COc1cccc(F)c1-c1cc(C)ncc1C(=O)Nc1nnc(OCC2CCSCC2)s1. The van der Waals surface area contributed by atoms with Crippen LogP contribution in [0.15, 0.2) is 30.5 Å². The van der Waals surface area contributed by atoms with Crippen LogP contribution in [0.3, 0.4) is 0 Å². The quantitative estimate of drug-likeness (QED) is 0.525. The lowest BCUT2D eigenvalue weighted by atomic mass is 9.98. The van der Waals surface area contributed by atoms with Crippen LogP contribution < -0.4 is 14.8 Å². The molecular weight excluding hydrogens is 451 g/mol. The van der Waals surface area contributed by atoms with Crippen LogP contribution in [0.4, 0.5) is 9.52 Å². The molecule has 1 aromatic carbocycles. The number of nitrogens with one attached hydrogen (secondary N) is 1. The van der Waals surface area contributed by atoms with E-state index in [9.17, 15) is 9.18 Å². The van der Waals surface area contributed by atoms with Gasteiger partial charge >= 0.3 is 0 Å². The van der Waals surface area contributed by atoms with Crippen molar-refractivity contribution < 1.29 is 18.7 Å². The van der Waals surface area contributed by atoms with Gasteiger partial charge in [0.25, 0.3) is 11.1 Å². The number of aryl methyl sites for hydroxylation is 1. The van der Waals surface area contributed by atoms with Gasteiger partial charge in [0.2, 0.25) is 5.13 Å². The normalized spacial score (nSPS) is 14.2. The van der Waals surface area contributed by atoms with Gasteiger partial charge in [-0.05, 0) is 66.7 Å². The number of halogens is 1. The van der Waals surface area contributed by atoms with Crippen molar-refractivity contribution in [1.82, 2.24) is 15.2 Å². The predicted molar refractivity (Wildman–Crippen MR) is 124 cm³/mol. The second-order valence-corrected chi connectivity index (χ2v) is 9.55. The lowest BCUT2D eigenvalue weighted by Crippen LogP contribution is -2.17. The Hall–Kier alpha value is -2.72. The van der Waals surface area contributed by atoms with Gasteiger partial charge in [0.15, 0.2) is 0 Å². The van der Waals surface area contributed by atoms with Gasteiger partial charge in [-0.3, -0.25) is 15.1 Å². The minimum absolute atomic E-state index is 0.205. The summed E-state index contributed by atoms with van der Waals surface area (Å²) in [6.45, 7) is 2.38. The van der Waals surface area contributed by atoms with Crippen molar-refractivity contribution in [2.75, 3.05) is 30.5 Å². The Balaban J connectivity index is 1.52. The highest BCUT2D eigenvalue weighted by Crippen LogP contribution is 2.35. The fraction of sp³-hybridized carbons (Fsp3) is 0.364. The van der Waals surface area contributed by atoms with Crippen LogP contribution in [0.25, 0.3) is 11.1 Å². The smallest absolute Gasteiger partial charge is 0.295 e. The molecular formula is C22H23FN4O3S2. The van der Waals surface area contributed by atoms with Crippen LogP contribution in [0, 0.1) is 18.7 Å². The first-order chi connectivity index (χ1) is 15.5. The molecule has 0 bridgehead atoms. The number of anilines is 1. The number of methoxy groups -OCH3 is 1. The second kappa shape index (κ2) is 10.3. The number of carbonyl (C=O) groups is 1. The first-order valence-corrected chi connectivity index (χ1v) is 12.2. The maximum absolute atomic E-state index is 14.7. The van der Waals surface area contributed by atoms with Gasteiger partial charge in [-0.25, -0.2) is 4.39 Å². The van der Waals surface area contributed by atoms with Crippen molar-refractivity contribution in [1.29, 1.82) is 0 Å². The zero-order valence-corrected chi connectivity index (χ0v) is 19.4. The Morgan fingerprint density at radius 3 is 2.88 bits per heavy atom. The van der Waals surface area contributed by atoms with Gasteiger partial charge in [0, 0.05) is 17.5 Å². The summed E-state index contributed by atoms with van der Waals surface area (Å²) < 4.78 is 25.8. The number of ether oxygens (including phenoxy) is 2. The van der Waals surface area contributed by atoms with Gasteiger partial charge in [-0.15, -0.1) is 5.10 Å². The third-order valence-electron chi connectivity index (χ3n) is 5.16. The van der Waals surface area contributed by atoms with Gasteiger partial charge in [-0.1, -0.05) is 11.2 Å². The van der Waals surface area contributed by atoms with E-state index in [1.807, 2.05) is 11.8 Å². The highest BCUT2D eigenvalue weighted by molar-refractivity contribution is 7.99. The number of aromatic nitrogens is 3. The molecule has 2 aromatic heterocycles. The van der Waals surface area contributed by atoms with Crippen LogP contribution in [0.1, 0.15) is 28.9 Å². The molecule has 1 fully saturated rings. The molecule has 1 saturated heterocycles. The fourth-order valence-electron chi connectivity index (χ4n) is 3.47. The Morgan fingerprint density at radius 2 is 2.09 bits per heavy atom. The largest absolute Gasteiger partial charge is 0.496 e. The number of benzene rings is 1. The van der Waals surface area contributed by atoms with E-state index in [1.54, 1.807) is 25.1 Å². The molecule has 10 heteroatoms. The number of carbonyl (C=O) groups excluding carboxylic acids is 1. The van der Waals surface area contributed by atoms with Crippen LogP contribution in [0.5, 0.6) is 10.9 Å². The molecule has 168 valence electrons. The minimum atomic E-state index is -0.489. The highest BCUT2D eigenvalue weighted by atomic mass is 32.2. The highest BCUT2D eigenvalue weighted by Gasteiger charge is 2.22. The van der Waals surface area contributed by atoms with Gasteiger partial charge in [-0.2, -0.15) is 11.8 Å². The summed E-state index contributed by atoms with van der Waals surface area (Å²) >= 11 is 3.13. The summed E-state index contributed by atoms with van der Waals surface area (Å²) in [5.41, 5.74) is 1.45. The van der Waals surface area contributed by atoms with Gasteiger partial charge < -0.3 is 9.47 Å². The molecule has 0 atom stereocenters. The third-order valence-corrected chi connectivity index (χ3v) is 6.96. The monoisotopic (exact) mass is 474 g/mol. The second-order valence-electron chi connectivity index (χ2n) is 7.38. The summed E-state index contributed by atoms with van der Waals surface area (Å²) in [7, 11) is 1.46. The lowest BCUT2D eigenvalue weighted by Gasteiger charge is -2.20. The van der Waals surface area contributed by atoms with E-state index in [-0.39, 0.29) is 11.1 Å². The van der Waals surface area contributed by atoms with Crippen molar-refractivity contribution in [2.45, 2.75) is 19.8 Å². The van der Waals surface area contributed by atoms with E-state index in [4.69, 9.17) is 9.47 Å². The molecule has 3 heterocycles. The standard InChI is InChI=1S/C22H23FN4O3S2/c1-13-10-15(19-17(23)4-3-5-18(19)29-2)16(11-24-13)20(28)25-21-26-27-22(32-21)30-12-14-6-8-31-9-7-14/h3-5,10-11,14H,6-9,12H2,1-2H3,(H,25,26,28). The number of nitrogens with zero attached hydrogens (tertiary/aromatic N) is 3. The number of thioether (sulfide) groups is 1. The third kappa shape index (κ3) is 5.18. The summed E-state index contributed by atoms with van der Waals surface area (Å²) in [5.74, 6) is 2.21.